The minimum Gasteiger partial charge on any atom is -0.490 e. The molecule has 2 aliphatic rings. The van der Waals surface area contributed by atoms with Crippen molar-refractivity contribution in [1.29, 1.82) is 0 Å². The van der Waals surface area contributed by atoms with Gasteiger partial charge in [0.2, 0.25) is 0 Å². The molecule has 0 N–H and O–H groups in total. The predicted molar refractivity (Wildman–Crippen MR) is 81.0 cm³/mol. The molecule has 3 nitrogen and oxygen atoms in total. The molecule has 4 heteroatoms. The lowest BCUT2D eigenvalue weighted by Crippen LogP contribution is -2.14. The van der Waals surface area contributed by atoms with Gasteiger partial charge in [0.05, 0.1) is 13.2 Å². The summed E-state index contributed by atoms with van der Waals surface area (Å²) >= 11 is 1.99. The fourth-order valence-corrected chi connectivity index (χ4v) is 3.87. The second kappa shape index (κ2) is 6.53. The van der Waals surface area contributed by atoms with Crippen molar-refractivity contribution in [2.75, 3.05) is 24.7 Å². The molecule has 1 aromatic carbocycles. The van der Waals surface area contributed by atoms with Crippen LogP contribution >= 0.6 is 11.8 Å². The summed E-state index contributed by atoms with van der Waals surface area (Å²) in [4.78, 5) is 12.4. The predicted octanol–water partition coefficient (Wildman–Crippen LogP) is 3.56. The normalized spacial score (nSPS) is 19.4. The standard InChI is InChI=1S/C16H20O3S/c17-14(10-12-4-8-20-9-5-12)13-2-3-15-16(11-13)19-7-1-6-18-15/h2-3,11-12H,1,4-10H2. The second-order valence-electron chi connectivity index (χ2n) is 5.40. The third-order valence-electron chi connectivity index (χ3n) is 3.88. The number of hydrogen-bond donors (Lipinski definition) is 0. The molecule has 2 aliphatic heterocycles. The molecule has 0 aliphatic carbocycles. The molecule has 0 radical (unpaired) electrons. The first-order valence-electron chi connectivity index (χ1n) is 7.33. The SMILES string of the molecule is O=C(CC1CCSCC1)c1ccc2c(c1)OCCCO2. The molecule has 1 fully saturated rings. The zero-order valence-electron chi connectivity index (χ0n) is 11.6. The third-order valence-corrected chi connectivity index (χ3v) is 4.93. The molecule has 0 aromatic heterocycles. The van der Waals surface area contributed by atoms with Crippen LogP contribution in [0, 0.1) is 5.92 Å². The van der Waals surface area contributed by atoms with Crippen molar-refractivity contribution in [3.63, 3.8) is 0 Å². The zero-order valence-corrected chi connectivity index (χ0v) is 12.4. The summed E-state index contributed by atoms with van der Waals surface area (Å²) in [6, 6.07) is 5.58. The van der Waals surface area contributed by atoms with Crippen molar-refractivity contribution in [1.82, 2.24) is 0 Å². The molecule has 0 spiro atoms. The molecule has 1 saturated heterocycles. The number of thioether (sulfide) groups is 1. The summed E-state index contributed by atoms with van der Waals surface area (Å²) in [5, 5.41) is 0. The van der Waals surface area contributed by atoms with Gasteiger partial charge in [0.1, 0.15) is 0 Å². The van der Waals surface area contributed by atoms with Crippen LogP contribution in [0.3, 0.4) is 0 Å². The van der Waals surface area contributed by atoms with Crippen molar-refractivity contribution in [2.45, 2.75) is 25.7 Å². The van der Waals surface area contributed by atoms with Crippen molar-refractivity contribution in [3.8, 4) is 11.5 Å². The quantitative estimate of drug-likeness (QED) is 0.798. The fourth-order valence-electron chi connectivity index (χ4n) is 2.67. The summed E-state index contributed by atoms with van der Waals surface area (Å²) in [6.45, 7) is 1.34. The van der Waals surface area contributed by atoms with Crippen LogP contribution in [-0.2, 0) is 0 Å². The zero-order chi connectivity index (χ0) is 13.8. The van der Waals surface area contributed by atoms with Crippen molar-refractivity contribution in [3.05, 3.63) is 23.8 Å². The van der Waals surface area contributed by atoms with E-state index in [1.807, 2.05) is 30.0 Å². The molecule has 108 valence electrons. The van der Waals surface area contributed by atoms with Gasteiger partial charge in [-0.15, -0.1) is 0 Å². The molecule has 2 heterocycles. The number of ketones is 1. The minimum atomic E-state index is 0.234. The molecule has 0 amide bonds. The topological polar surface area (TPSA) is 35.5 Å². The molecule has 0 bridgehead atoms. The highest BCUT2D eigenvalue weighted by atomic mass is 32.2. The molecule has 0 atom stereocenters. The number of carbonyl (C=O) groups excluding carboxylic acids is 1. The monoisotopic (exact) mass is 292 g/mol. The second-order valence-corrected chi connectivity index (χ2v) is 6.62. The maximum Gasteiger partial charge on any atom is 0.163 e. The van der Waals surface area contributed by atoms with Crippen LogP contribution < -0.4 is 9.47 Å². The summed E-state index contributed by atoms with van der Waals surface area (Å²) < 4.78 is 11.2. The van der Waals surface area contributed by atoms with E-state index < -0.39 is 0 Å². The van der Waals surface area contributed by atoms with Crippen LogP contribution in [0.2, 0.25) is 0 Å². The van der Waals surface area contributed by atoms with E-state index in [4.69, 9.17) is 9.47 Å². The molecule has 3 rings (SSSR count). The van der Waals surface area contributed by atoms with Gasteiger partial charge in [0.25, 0.3) is 0 Å². The Bertz CT molecular complexity index is 481. The van der Waals surface area contributed by atoms with Gasteiger partial charge in [0, 0.05) is 18.4 Å². The Morgan fingerprint density at radius 3 is 2.70 bits per heavy atom. The summed E-state index contributed by atoms with van der Waals surface area (Å²) in [7, 11) is 0. The van der Waals surface area contributed by atoms with E-state index in [2.05, 4.69) is 0 Å². The third kappa shape index (κ3) is 3.29. The Balaban J connectivity index is 1.69. The van der Waals surface area contributed by atoms with E-state index in [1.54, 1.807) is 0 Å². The number of hydrogen-bond acceptors (Lipinski definition) is 4. The number of ether oxygens (including phenoxy) is 2. The maximum absolute atomic E-state index is 12.4. The average Bonchev–Trinajstić information content (AvgIpc) is 2.72. The minimum absolute atomic E-state index is 0.234. The fraction of sp³-hybridized carbons (Fsp3) is 0.562. The lowest BCUT2D eigenvalue weighted by Gasteiger charge is -2.20. The first-order chi connectivity index (χ1) is 9.83. The highest BCUT2D eigenvalue weighted by Crippen LogP contribution is 2.32. The van der Waals surface area contributed by atoms with Crippen LogP contribution in [-0.4, -0.2) is 30.5 Å². The first-order valence-corrected chi connectivity index (χ1v) is 8.49. The lowest BCUT2D eigenvalue weighted by atomic mass is 9.93. The van der Waals surface area contributed by atoms with Crippen molar-refractivity contribution in [2.24, 2.45) is 5.92 Å². The molecular weight excluding hydrogens is 272 g/mol. The summed E-state index contributed by atoms with van der Waals surface area (Å²) in [6.07, 6.45) is 3.89. The summed E-state index contributed by atoms with van der Waals surface area (Å²) in [5.74, 6) is 4.65. The first kappa shape index (κ1) is 13.8. The van der Waals surface area contributed by atoms with Crippen LogP contribution in [0.5, 0.6) is 11.5 Å². The van der Waals surface area contributed by atoms with Crippen LogP contribution in [0.15, 0.2) is 18.2 Å². The lowest BCUT2D eigenvalue weighted by molar-refractivity contribution is 0.0958. The van der Waals surface area contributed by atoms with Crippen molar-refractivity contribution >= 4 is 17.5 Å². The van der Waals surface area contributed by atoms with Gasteiger partial charge in [0.15, 0.2) is 17.3 Å². The number of Topliss-reactive ketones (excluding diaryl/α,β-unsaturated/α-hetero) is 1. The maximum atomic E-state index is 12.4. The van der Waals surface area contributed by atoms with Crippen LogP contribution in [0.4, 0.5) is 0 Å². The number of rotatable bonds is 3. The van der Waals surface area contributed by atoms with Gasteiger partial charge in [-0.05, 0) is 48.5 Å². The van der Waals surface area contributed by atoms with E-state index in [-0.39, 0.29) is 5.78 Å². The molecule has 1 aromatic rings. The number of carbonyl (C=O) groups is 1. The van der Waals surface area contributed by atoms with Gasteiger partial charge in [-0.25, -0.2) is 0 Å². The summed E-state index contributed by atoms with van der Waals surface area (Å²) in [5.41, 5.74) is 0.757. The molecule has 0 saturated carbocycles. The highest BCUT2D eigenvalue weighted by Gasteiger charge is 2.20. The van der Waals surface area contributed by atoms with Gasteiger partial charge < -0.3 is 9.47 Å². The molecule has 0 unspecified atom stereocenters. The Kier molecular flexibility index (Phi) is 4.51. The largest absolute Gasteiger partial charge is 0.490 e. The van der Waals surface area contributed by atoms with E-state index in [1.165, 1.54) is 24.3 Å². The van der Waals surface area contributed by atoms with Crippen LogP contribution in [0.1, 0.15) is 36.0 Å². The van der Waals surface area contributed by atoms with Gasteiger partial charge in [-0.2, -0.15) is 11.8 Å². The average molecular weight is 292 g/mol. The van der Waals surface area contributed by atoms with Crippen molar-refractivity contribution < 1.29 is 14.3 Å². The van der Waals surface area contributed by atoms with E-state index >= 15 is 0 Å². The Hall–Kier alpha value is -1.16. The highest BCUT2D eigenvalue weighted by molar-refractivity contribution is 7.99. The van der Waals surface area contributed by atoms with Gasteiger partial charge in [-0.1, -0.05) is 0 Å². The van der Waals surface area contributed by atoms with Gasteiger partial charge in [-0.3, -0.25) is 4.79 Å². The smallest absolute Gasteiger partial charge is 0.163 e. The molecule has 20 heavy (non-hydrogen) atoms. The van der Waals surface area contributed by atoms with Crippen LogP contribution in [0.25, 0.3) is 0 Å². The van der Waals surface area contributed by atoms with E-state index in [0.29, 0.717) is 31.3 Å². The number of benzene rings is 1. The Morgan fingerprint density at radius 2 is 1.90 bits per heavy atom. The Morgan fingerprint density at radius 1 is 1.15 bits per heavy atom. The molecular formula is C16H20O3S. The van der Waals surface area contributed by atoms with E-state index in [0.717, 1.165) is 17.7 Å². The number of fused-ring (bicyclic) bond motifs is 1. The van der Waals surface area contributed by atoms with Gasteiger partial charge >= 0.3 is 0 Å². The van der Waals surface area contributed by atoms with E-state index in [9.17, 15) is 4.79 Å². The Labute approximate surface area is 124 Å².